The van der Waals surface area contributed by atoms with Crippen molar-refractivity contribution in [3.8, 4) is 17.5 Å². The molecule has 0 aromatic carbocycles. The number of pyridine rings is 1. The number of aryl methyl sites for hydroxylation is 2. The Kier molecular flexibility index (Phi) is 5.94. The van der Waals surface area contributed by atoms with Crippen LogP contribution in [-0.2, 0) is 21.2 Å². The Balaban J connectivity index is 1.48. The van der Waals surface area contributed by atoms with Crippen LogP contribution in [0.1, 0.15) is 23.9 Å². The Morgan fingerprint density at radius 2 is 2.19 bits per heavy atom. The van der Waals surface area contributed by atoms with Crippen molar-refractivity contribution in [1.29, 1.82) is 5.26 Å². The molecule has 1 aliphatic heterocycles. The summed E-state index contributed by atoms with van der Waals surface area (Å²) in [4.78, 5) is 23.1. The zero-order valence-electron chi connectivity index (χ0n) is 17.1. The number of sulfonamides is 1. The van der Waals surface area contributed by atoms with Gasteiger partial charge in [0.15, 0.2) is 4.21 Å². The number of nitrogens with zero attached hydrogens (tertiary/aromatic N) is 4. The molecule has 1 aliphatic rings. The van der Waals surface area contributed by atoms with E-state index in [1.54, 1.807) is 24.2 Å². The molecule has 4 rings (SSSR count). The SMILES string of the molecule is CCc1coc(-c2cc(C#N)c(N3CC(C(=O)NS(=O)(=O)c4sccc4Cl)C3)nc2C)n1. The zero-order chi connectivity index (χ0) is 23.0. The normalized spacial score (nSPS) is 14.1. The first kappa shape index (κ1) is 22.3. The monoisotopic (exact) mass is 491 g/mol. The maximum Gasteiger partial charge on any atom is 0.275 e. The van der Waals surface area contributed by atoms with Gasteiger partial charge in [-0.25, -0.2) is 23.1 Å². The predicted octanol–water partition coefficient (Wildman–Crippen LogP) is 3.14. The van der Waals surface area contributed by atoms with E-state index in [0.29, 0.717) is 28.5 Å². The molecule has 12 heteroatoms. The molecule has 1 fully saturated rings. The highest BCUT2D eigenvalue weighted by Crippen LogP contribution is 2.32. The van der Waals surface area contributed by atoms with Crippen molar-refractivity contribution in [2.24, 2.45) is 5.92 Å². The second kappa shape index (κ2) is 8.54. The minimum absolute atomic E-state index is 0.0704. The number of amides is 1. The fourth-order valence-corrected chi connectivity index (χ4v) is 6.01. The average molecular weight is 492 g/mol. The van der Waals surface area contributed by atoms with E-state index in [1.807, 2.05) is 6.92 Å². The summed E-state index contributed by atoms with van der Waals surface area (Å²) in [5.41, 5.74) is 2.38. The van der Waals surface area contributed by atoms with Crippen molar-refractivity contribution in [2.75, 3.05) is 18.0 Å². The highest BCUT2D eigenvalue weighted by atomic mass is 35.5. The van der Waals surface area contributed by atoms with Crippen molar-refractivity contribution in [3.05, 3.63) is 45.7 Å². The topological polar surface area (TPSA) is 129 Å². The number of halogens is 1. The number of nitriles is 1. The van der Waals surface area contributed by atoms with E-state index in [4.69, 9.17) is 16.0 Å². The van der Waals surface area contributed by atoms with Gasteiger partial charge in [-0.2, -0.15) is 5.26 Å². The summed E-state index contributed by atoms with van der Waals surface area (Å²) < 4.78 is 32.2. The molecular weight excluding hydrogens is 474 g/mol. The molecule has 1 saturated heterocycles. The van der Waals surface area contributed by atoms with Gasteiger partial charge in [0.05, 0.1) is 33.5 Å². The van der Waals surface area contributed by atoms with E-state index in [2.05, 4.69) is 20.8 Å². The van der Waals surface area contributed by atoms with Crippen LogP contribution in [0.5, 0.6) is 0 Å². The number of aromatic nitrogens is 2. The molecule has 1 amide bonds. The Morgan fingerprint density at radius 1 is 1.44 bits per heavy atom. The number of hydrogen-bond donors (Lipinski definition) is 1. The largest absolute Gasteiger partial charge is 0.444 e. The minimum atomic E-state index is -4.02. The standard InChI is InChI=1S/C20H18ClN5O4S2/c1-3-14-10-30-19(24-14)15-6-12(7-22)17(23-11(15)2)26-8-13(9-26)18(27)25-32(28,29)20-16(21)4-5-31-20/h4-6,10,13H,3,8-9H2,1-2H3,(H,25,27). The molecule has 0 saturated carbocycles. The number of oxazole rings is 1. The Bertz CT molecular complexity index is 1340. The van der Waals surface area contributed by atoms with Crippen molar-refractivity contribution >= 4 is 44.7 Å². The van der Waals surface area contributed by atoms with E-state index in [9.17, 15) is 18.5 Å². The number of thiophene rings is 1. The van der Waals surface area contributed by atoms with Gasteiger partial charge in [-0.15, -0.1) is 11.3 Å². The molecule has 0 atom stereocenters. The third-order valence-electron chi connectivity index (χ3n) is 5.07. The summed E-state index contributed by atoms with van der Waals surface area (Å²) in [5.74, 6) is -0.349. The van der Waals surface area contributed by atoms with E-state index < -0.39 is 21.8 Å². The second-order valence-electron chi connectivity index (χ2n) is 7.23. The molecule has 1 N–H and O–H groups in total. The minimum Gasteiger partial charge on any atom is -0.444 e. The number of nitrogens with one attached hydrogen (secondary N) is 1. The third kappa shape index (κ3) is 4.09. The highest BCUT2D eigenvalue weighted by Gasteiger charge is 2.37. The predicted molar refractivity (Wildman–Crippen MR) is 119 cm³/mol. The highest BCUT2D eigenvalue weighted by molar-refractivity contribution is 7.92. The zero-order valence-corrected chi connectivity index (χ0v) is 19.5. The number of anilines is 1. The molecule has 166 valence electrons. The van der Waals surface area contributed by atoms with Crippen LogP contribution in [0, 0.1) is 24.2 Å². The Hall–Kier alpha value is -2.94. The van der Waals surface area contributed by atoms with Gasteiger partial charge >= 0.3 is 0 Å². The van der Waals surface area contributed by atoms with Crippen LogP contribution >= 0.6 is 22.9 Å². The lowest BCUT2D eigenvalue weighted by Crippen LogP contribution is -2.55. The number of hydrogen-bond acceptors (Lipinski definition) is 9. The van der Waals surface area contributed by atoms with Gasteiger partial charge in [-0.05, 0) is 30.9 Å². The lowest BCUT2D eigenvalue weighted by Gasteiger charge is -2.39. The lowest BCUT2D eigenvalue weighted by atomic mass is 9.98. The Labute approximate surface area is 193 Å². The molecule has 0 unspecified atom stereocenters. The lowest BCUT2D eigenvalue weighted by molar-refractivity contribution is -0.123. The van der Waals surface area contributed by atoms with Gasteiger partial charge in [-0.3, -0.25) is 4.79 Å². The maximum absolute atomic E-state index is 12.5. The van der Waals surface area contributed by atoms with E-state index in [-0.39, 0.29) is 22.3 Å². The molecule has 0 spiro atoms. The van der Waals surface area contributed by atoms with Crippen LogP contribution in [0.4, 0.5) is 5.82 Å². The molecule has 9 nitrogen and oxygen atoms in total. The molecule has 4 heterocycles. The van der Waals surface area contributed by atoms with E-state index in [1.165, 1.54) is 11.4 Å². The number of rotatable bonds is 6. The van der Waals surface area contributed by atoms with Crippen LogP contribution in [-0.4, -0.2) is 37.4 Å². The summed E-state index contributed by atoms with van der Waals surface area (Å²) in [6, 6.07) is 5.25. The quantitative estimate of drug-likeness (QED) is 0.556. The third-order valence-corrected chi connectivity index (χ3v) is 8.44. The second-order valence-corrected chi connectivity index (χ2v) is 10.4. The maximum atomic E-state index is 12.5. The number of carbonyl (C=O) groups is 1. The first-order valence-corrected chi connectivity index (χ1v) is 12.4. The first-order chi connectivity index (χ1) is 15.2. The summed E-state index contributed by atoms with van der Waals surface area (Å²) in [5, 5.41) is 11.2. The average Bonchev–Trinajstić information content (AvgIpc) is 3.36. The van der Waals surface area contributed by atoms with Crippen LogP contribution in [0.15, 0.2) is 32.4 Å². The van der Waals surface area contributed by atoms with Crippen LogP contribution < -0.4 is 9.62 Å². The Morgan fingerprint density at radius 3 is 2.78 bits per heavy atom. The van der Waals surface area contributed by atoms with Crippen LogP contribution in [0.3, 0.4) is 0 Å². The van der Waals surface area contributed by atoms with Gasteiger partial charge in [0, 0.05) is 13.1 Å². The molecule has 32 heavy (non-hydrogen) atoms. The van der Waals surface area contributed by atoms with Crippen molar-refractivity contribution in [1.82, 2.24) is 14.7 Å². The molecular formula is C20H18ClN5O4S2. The molecule has 3 aromatic rings. The summed E-state index contributed by atoms with van der Waals surface area (Å²) in [6.07, 6.45) is 2.30. The van der Waals surface area contributed by atoms with Crippen LogP contribution in [0.2, 0.25) is 5.02 Å². The smallest absolute Gasteiger partial charge is 0.275 e. The van der Waals surface area contributed by atoms with Gasteiger partial charge in [0.25, 0.3) is 10.0 Å². The fourth-order valence-electron chi connectivity index (χ4n) is 3.28. The van der Waals surface area contributed by atoms with E-state index in [0.717, 1.165) is 23.5 Å². The molecule has 0 bridgehead atoms. The van der Waals surface area contributed by atoms with Crippen LogP contribution in [0.25, 0.3) is 11.5 Å². The molecule has 0 radical (unpaired) electrons. The summed E-state index contributed by atoms with van der Waals surface area (Å²) >= 11 is 6.81. The first-order valence-electron chi connectivity index (χ1n) is 9.64. The van der Waals surface area contributed by atoms with Gasteiger partial charge in [-0.1, -0.05) is 18.5 Å². The van der Waals surface area contributed by atoms with Crippen molar-refractivity contribution < 1.29 is 17.6 Å². The summed E-state index contributed by atoms with van der Waals surface area (Å²) in [7, 11) is -4.02. The van der Waals surface area contributed by atoms with Gasteiger partial charge in [0.1, 0.15) is 18.2 Å². The fraction of sp³-hybridized carbons (Fsp3) is 0.300. The van der Waals surface area contributed by atoms with Gasteiger partial charge in [0.2, 0.25) is 11.8 Å². The molecule has 0 aliphatic carbocycles. The van der Waals surface area contributed by atoms with Crippen molar-refractivity contribution in [3.63, 3.8) is 0 Å². The van der Waals surface area contributed by atoms with Crippen molar-refractivity contribution in [2.45, 2.75) is 24.5 Å². The summed E-state index contributed by atoms with van der Waals surface area (Å²) in [6.45, 7) is 4.22. The van der Waals surface area contributed by atoms with Gasteiger partial charge < -0.3 is 9.32 Å². The number of carbonyl (C=O) groups excluding carboxylic acids is 1. The molecule has 3 aromatic heterocycles. The van der Waals surface area contributed by atoms with E-state index >= 15 is 0 Å².